The van der Waals surface area contributed by atoms with Gasteiger partial charge in [-0.05, 0) is 64.3 Å². The van der Waals surface area contributed by atoms with Gasteiger partial charge in [-0.15, -0.1) is 0 Å². The molecule has 0 bridgehead atoms. The molecule has 3 rings (SSSR count). The summed E-state index contributed by atoms with van der Waals surface area (Å²) in [5, 5.41) is 7.80. The average molecular weight is 474 g/mol. The van der Waals surface area contributed by atoms with E-state index in [2.05, 4.69) is 27.1 Å². The van der Waals surface area contributed by atoms with E-state index in [0.29, 0.717) is 13.0 Å². The summed E-state index contributed by atoms with van der Waals surface area (Å²) in [5.41, 5.74) is 6.45. The van der Waals surface area contributed by atoms with Crippen LogP contribution in [0.4, 0.5) is 10.5 Å². The van der Waals surface area contributed by atoms with Crippen molar-refractivity contribution >= 4 is 17.7 Å². The first-order chi connectivity index (χ1) is 16.2. The Balaban J connectivity index is 1.61. The fourth-order valence-corrected chi connectivity index (χ4v) is 3.74. The van der Waals surface area contributed by atoms with E-state index in [0.717, 1.165) is 35.5 Å². The number of aryl methyl sites for hydroxylation is 1. The summed E-state index contributed by atoms with van der Waals surface area (Å²) >= 11 is 0. The van der Waals surface area contributed by atoms with Crippen LogP contribution in [0.5, 0.6) is 0 Å². The Kier molecular flexibility index (Phi) is 8.38. The Morgan fingerprint density at radius 1 is 1.29 bits per heavy atom. The lowest BCUT2D eigenvalue weighted by Crippen LogP contribution is -2.42. The van der Waals surface area contributed by atoms with Crippen molar-refractivity contribution in [1.82, 2.24) is 20.6 Å². The lowest BCUT2D eigenvalue weighted by Gasteiger charge is -2.32. The van der Waals surface area contributed by atoms with Crippen molar-refractivity contribution < 1.29 is 23.8 Å². The second-order valence-corrected chi connectivity index (χ2v) is 9.16. The minimum Gasteiger partial charge on any atom is -0.465 e. The molecule has 0 saturated heterocycles. The number of amides is 1. The predicted molar refractivity (Wildman–Crippen MR) is 128 cm³/mol. The number of aromatic nitrogens is 1. The lowest BCUT2D eigenvalue weighted by atomic mass is 9.92. The number of hydrogen-bond donors (Lipinski definition) is 3. The van der Waals surface area contributed by atoms with E-state index < -0.39 is 11.7 Å². The van der Waals surface area contributed by atoms with Crippen LogP contribution in [0.3, 0.4) is 0 Å². The van der Waals surface area contributed by atoms with Crippen LogP contribution in [0.1, 0.15) is 45.4 Å². The first-order valence-electron chi connectivity index (χ1n) is 11.5. The first-order valence-corrected chi connectivity index (χ1v) is 11.5. The number of hydrogen-bond acceptors (Lipinski definition) is 9. The molecular weight excluding hydrogens is 438 g/mol. The number of esters is 1. The molecule has 1 aromatic heterocycles. The molecule has 34 heavy (non-hydrogen) atoms. The number of anilines is 1. The van der Waals surface area contributed by atoms with E-state index in [1.54, 1.807) is 25.2 Å². The Morgan fingerprint density at radius 2 is 2.09 bits per heavy atom. The number of rotatable bonds is 8. The lowest BCUT2D eigenvalue weighted by molar-refractivity contribution is -0.141. The van der Waals surface area contributed by atoms with Gasteiger partial charge < -0.3 is 24.8 Å². The van der Waals surface area contributed by atoms with Crippen LogP contribution in [0.2, 0.25) is 0 Å². The third kappa shape index (κ3) is 7.38. The van der Waals surface area contributed by atoms with Gasteiger partial charge in [0.1, 0.15) is 12.1 Å². The van der Waals surface area contributed by atoms with Gasteiger partial charge in [-0.1, -0.05) is 0 Å². The predicted octanol–water partition coefficient (Wildman–Crippen LogP) is 2.63. The zero-order valence-electron chi connectivity index (χ0n) is 20.5. The topological polar surface area (TPSA) is 114 Å². The Hall–Kier alpha value is -3.27. The van der Waals surface area contributed by atoms with E-state index >= 15 is 0 Å². The Labute approximate surface area is 200 Å². The molecule has 10 nitrogen and oxygen atoms in total. The molecule has 0 saturated carbocycles. The van der Waals surface area contributed by atoms with E-state index in [-0.39, 0.29) is 24.8 Å². The number of carbonyl (C=O) groups is 2. The molecular formula is C24H35N5O5. The fraction of sp³-hybridized carbons (Fsp3) is 0.542. The van der Waals surface area contributed by atoms with Gasteiger partial charge in [0, 0.05) is 31.5 Å². The minimum absolute atomic E-state index is 0.00488. The van der Waals surface area contributed by atoms with Gasteiger partial charge in [0.05, 0.1) is 24.2 Å². The number of nitrogens with one attached hydrogen (secondary N) is 3. The largest absolute Gasteiger partial charge is 0.465 e. The number of nitrogens with zero attached hydrogens (tertiary/aromatic N) is 2. The summed E-state index contributed by atoms with van der Waals surface area (Å²) in [6.45, 7) is 7.74. The molecule has 2 atom stereocenters. The summed E-state index contributed by atoms with van der Waals surface area (Å²) in [7, 11) is 1.62. The standard InChI is InChI=1S/C24H35N5O5/c1-6-33-22(30)14-25-18-9-10-21(32-5)29(15-18)28-19-11-16-7-8-17(12-20(16)26-13-19)27-23(31)34-24(2,3)4/h9-11,13,15,17,21,25,28H,6-8,12,14H2,1-5H3,(H,27,31). The molecule has 1 aromatic rings. The molecule has 2 heterocycles. The number of allylic oxidation sites excluding steroid dienone is 1. The quantitative estimate of drug-likeness (QED) is 0.490. The van der Waals surface area contributed by atoms with E-state index in [9.17, 15) is 9.59 Å². The molecule has 186 valence electrons. The SMILES string of the molecule is CCOC(=O)CNC1=CN(Nc2cnc3c(c2)CCC(NC(=O)OC(C)(C)C)C3)C(OC)C=C1. The second-order valence-electron chi connectivity index (χ2n) is 9.16. The van der Waals surface area contributed by atoms with Crippen LogP contribution < -0.4 is 16.1 Å². The second kappa shape index (κ2) is 11.2. The van der Waals surface area contributed by atoms with Gasteiger partial charge in [-0.2, -0.15) is 0 Å². The third-order valence-corrected chi connectivity index (χ3v) is 5.22. The normalized spacial score (nSPS) is 19.6. The van der Waals surface area contributed by atoms with Crippen LogP contribution in [0.15, 0.2) is 36.3 Å². The smallest absolute Gasteiger partial charge is 0.407 e. The third-order valence-electron chi connectivity index (χ3n) is 5.22. The first kappa shape index (κ1) is 25.4. The zero-order chi connectivity index (χ0) is 24.7. The average Bonchev–Trinajstić information content (AvgIpc) is 2.77. The summed E-state index contributed by atoms with van der Waals surface area (Å²) < 4.78 is 15.8. The number of alkyl carbamates (subject to hydrolysis) is 1. The summed E-state index contributed by atoms with van der Waals surface area (Å²) in [4.78, 5) is 28.4. The summed E-state index contributed by atoms with van der Waals surface area (Å²) in [5.74, 6) is -0.316. The van der Waals surface area contributed by atoms with Crippen LogP contribution >= 0.6 is 0 Å². The van der Waals surface area contributed by atoms with Gasteiger partial charge in [0.25, 0.3) is 0 Å². The maximum Gasteiger partial charge on any atom is 0.407 e. The highest BCUT2D eigenvalue weighted by Crippen LogP contribution is 2.24. The van der Waals surface area contributed by atoms with Gasteiger partial charge in [0.2, 0.25) is 0 Å². The van der Waals surface area contributed by atoms with Gasteiger partial charge in [-0.25, -0.2) is 4.79 Å². The van der Waals surface area contributed by atoms with Crippen LogP contribution in [0.25, 0.3) is 0 Å². The van der Waals surface area contributed by atoms with E-state index in [1.165, 1.54) is 0 Å². The summed E-state index contributed by atoms with van der Waals surface area (Å²) in [6, 6.07) is 2.06. The molecule has 3 N–H and O–H groups in total. The van der Waals surface area contributed by atoms with E-state index in [1.807, 2.05) is 39.1 Å². The Morgan fingerprint density at radius 3 is 2.79 bits per heavy atom. The fourth-order valence-electron chi connectivity index (χ4n) is 3.74. The van der Waals surface area contributed by atoms with Crippen molar-refractivity contribution in [2.24, 2.45) is 0 Å². The molecule has 0 spiro atoms. The molecule has 0 aromatic carbocycles. The maximum atomic E-state index is 12.1. The van der Waals surface area contributed by atoms with Crippen LogP contribution in [-0.2, 0) is 31.8 Å². The molecule has 10 heteroatoms. The van der Waals surface area contributed by atoms with Gasteiger partial charge in [-0.3, -0.25) is 20.2 Å². The van der Waals surface area contributed by atoms with E-state index in [4.69, 9.17) is 14.2 Å². The molecule has 1 aliphatic heterocycles. The van der Waals surface area contributed by atoms with Crippen LogP contribution in [0, 0.1) is 0 Å². The number of fused-ring (bicyclic) bond motifs is 1. The van der Waals surface area contributed by atoms with Crippen molar-refractivity contribution in [3.05, 3.63) is 47.6 Å². The highest BCUT2D eigenvalue weighted by Gasteiger charge is 2.25. The molecule has 0 fully saturated rings. The van der Waals surface area contributed by atoms with Crippen molar-refractivity contribution in [3.8, 4) is 0 Å². The highest BCUT2D eigenvalue weighted by atomic mass is 16.6. The number of hydrazine groups is 1. The molecule has 2 aliphatic rings. The summed E-state index contributed by atoms with van der Waals surface area (Å²) in [6.07, 6.45) is 8.86. The molecule has 1 amide bonds. The minimum atomic E-state index is -0.526. The van der Waals surface area contributed by atoms with Crippen molar-refractivity contribution in [3.63, 3.8) is 0 Å². The maximum absolute atomic E-state index is 12.1. The highest BCUT2D eigenvalue weighted by molar-refractivity contribution is 5.72. The monoisotopic (exact) mass is 473 g/mol. The van der Waals surface area contributed by atoms with Gasteiger partial charge in [0.15, 0.2) is 6.23 Å². The molecule has 0 radical (unpaired) electrons. The van der Waals surface area contributed by atoms with Crippen molar-refractivity contribution in [2.45, 2.75) is 64.8 Å². The Bertz CT molecular complexity index is 940. The van der Waals surface area contributed by atoms with Crippen molar-refractivity contribution in [1.29, 1.82) is 0 Å². The molecule has 2 unspecified atom stereocenters. The zero-order valence-corrected chi connectivity index (χ0v) is 20.5. The molecule has 1 aliphatic carbocycles. The van der Waals surface area contributed by atoms with Crippen molar-refractivity contribution in [2.75, 3.05) is 25.7 Å². The number of methoxy groups -OCH3 is 1. The number of ether oxygens (including phenoxy) is 3. The van der Waals surface area contributed by atoms with Crippen LogP contribution in [-0.4, -0.2) is 60.2 Å². The number of carbonyl (C=O) groups excluding carboxylic acids is 2. The number of pyridine rings is 1. The van der Waals surface area contributed by atoms with Gasteiger partial charge >= 0.3 is 12.1 Å².